The van der Waals surface area contributed by atoms with E-state index in [1.807, 2.05) is 37.0 Å². The molecule has 2 fully saturated rings. The van der Waals surface area contributed by atoms with E-state index < -0.39 is 5.60 Å². The number of ether oxygens (including phenoxy) is 1. The third-order valence-corrected chi connectivity index (χ3v) is 7.53. The topological polar surface area (TPSA) is 45.7 Å². The molecule has 3 heterocycles. The van der Waals surface area contributed by atoms with Crippen molar-refractivity contribution in [3.63, 3.8) is 0 Å². The fourth-order valence-electron chi connectivity index (χ4n) is 4.62. The monoisotopic (exact) mass is 429 g/mol. The van der Waals surface area contributed by atoms with Crippen molar-refractivity contribution in [2.45, 2.75) is 70.9 Å². The van der Waals surface area contributed by atoms with Gasteiger partial charge in [-0.15, -0.1) is 11.3 Å². The Morgan fingerprint density at radius 3 is 2.60 bits per heavy atom. The Morgan fingerprint density at radius 1 is 1.17 bits per heavy atom. The number of thiazole rings is 1. The van der Waals surface area contributed by atoms with Crippen molar-refractivity contribution >= 4 is 27.6 Å². The summed E-state index contributed by atoms with van der Waals surface area (Å²) >= 11 is 1.84. The Balaban J connectivity index is 1.58. The van der Waals surface area contributed by atoms with Crippen molar-refractivity contribution in [3.05, 3.63) is 28.8 Å². The second-order valence-electron chi connectivity index (χ2n) is 10.2. The standard InChI is InChI=1S/C24H35N3O2S/c1-16-6-8-20(27(15-16)23(28)29-24(2,3)4)18-7-9-21-19(14-18)25-22(30-21)17-10-12-26(5)13-11-17/h7,9,14,16-17,20H,6,8,10-13,15H2,1-5H3. The highest BCUT2D eigenvalue weighted by Gasteiger charge is 2.34. The van der Waals surface area contributed by atoms with E-state index in [9.17, 15) is 4.79 Å². The van der Waals surface area contributed by atoms with Gasteiger partial charge in [-0.1, -0.05) is 13.0 Å². The second-order valence-corrected chi connectivity index (χ2v) is 11.3. The zero-order valence-corrected chi connectivity index (χ0v) is 19.8. The number of fused-ring (bicyclic) bond motifs is 1. The summed E-state index contributed by atoms with van der Waals surface area (Å²) < 4.78 is 6.98. The summed E-state index contributed by atoms with van der Waals surface area (Å²) in [5.74, 6) is 1.07. The molecule has 2 aliphatic rings. The number of rotatable bonds is 2. The quantitative estimate of drug-likeness (QED) is 0.604. The van der Waals surface area contributed by atoms with Crippen LogP contribution >= 0.6 is 11.3 Å². The summed E-state index contributed by atoms with van der Waals surface area (Å²) in [5.41, 5.74) is 1.78. The van der Waals surface area contributed by atoms with Crippen molar-refractivity contribution in [2.24, 2.45) is 5.92 Å². The maximum Gasteiger partial charge on any atom is 0.410 e. The summed E-state index contributed by atoms with van der Waals surface area (Å²) in [7, 11) is 2.20. The molecule has 1 amide bonds. The van der Waals surface area contributed by atoms with Crippen LogP contribution in [0.5, 0.6) is 0 Å². The number of aromatic nitrogens is 1. The van der Waals surface area contributed by atoms with Crippen LogP contribution in [0, 0.1) is 5.92 Å². The van der Waals surface area contributed by atoms with E-state index in [4.69, 9.17) is 9.72 Å². The average molecular weight is 430 g/mol. The van der Waals surface area contributed by atoms with Gasteiger partial charge < -0.3 is 14.5 Å². The Morgan fingerprint density at radius 2 is 1.90 bits per heavy atom. The molecule has 30 heavy (non-hydrogen) atoms. The Hall–Kier alpha value is -1.66. The van der Waals surface area contributed by atoms with Crippen molar-refractivity contribution in [1.82, 2.24) is 14.8 Å². The molecule has 0 radical (unpaired) electrons. The van der Waals surface area contributed by atoms with Crippen LogP contribution < -0.4 is 0 Å². The van der Waals surface area contributed by atoms with Crippen LogP contribution in [0.1, 0.15) is 75.9 Å². The SMILES string of the molecule is CC1CCC(c2ccc3sc(C4CCN(C)CC4)nc3c2)N(C(=O)OC(C)(C)C)C1. The van der Waals surface area contributed by atoms with Crippen molar-refractivity contribution in [3.8, 4) is 0 Å². The fraction of sp³-hybridized carbons (Fsp3) is 0.667. The Bertz CT molecular complexity index is 895. The zero-order chi connectivity index (χ0) is 21.5. The van der Waals surface area contributed by atoms with E-state index >= 15 is 0 Å². The predicted octanol–water partition coefficient (Wildman–Crippen LogP) is 5.81. The third-order valence-electron chi connectivity index (χ3n) is 6.33. The lowest BCUT2D eigenvalue weighted by atomic mass is 9.90. The molecule has 0 aliphatic carbocycles. The first-order valence-electron chi connectivity index (χ1n) is 11.3. The molecule has 1 aromatic carbocycles. The van der Waals surface area contributed by atoms with Crippen LogP contribution in [0.15, 0.2) is 18.2 Å². The van der Waals surface area contributed by atoms with Crippen LogP contribution in [-0.2, 0) is 4.74 Å². The first kappa shape index (κ1) is 21.6. The molecular weight excluding hydrogens is 394 g/mol. The van der Waals surface area contributed by atoms with Crippen LogP contribution in [-0.4, -0.2) is 53.2 Å². The van der Waals surface area contributed by atoms with E-state index in [0.717, 1.165) is 38.0 Å². The molecule has 6 heteroatoms. The van der Waals surface area contributed by atoms with E-state index in [1.165, 1.54) is 28.1 Å². The van der Waals surface area contributed by atoms with Gasteiger partial charge in [0.25, 0.3) is 0 Å². The second kappa shape index (κ2) is 8.46. The number of hydrogen-bond acceptors (Lipinski definition) is 5. The first-order valence-corrected chi connectivity index (χ1v) is 12.1. The maximum absolute atomic E-state index is 12.9. The van der Waals surface area contributed by atoms with Gasteiger partial charge >= 0.3 is 6.09 Å². The van der Waals surface area contributed by atoms with Gasteiger partial charge in [0, 0.05) is 12.5 Å². The van der Waals surface area contributed by atoms with Crippen molar-refractivity contribution in [2.75, 3.05) is 26.7 Å². The number of likely N-dealkylation sites (tertiary alicyclic amines) is 2. The molecule has 2 unspecified atom stereocenters. The summed E-state index contributed by atoms with van der Waals surface area (Å²) in [6.07, 6.45) is 4.27. The minimum absolute atomic E-state index is 0.0638. The van der Waals surface area contributed by atoms with Gasteiger partial charge in [0.1, 0.15) is 5.60 Å². The third kappa shape index (κ3) is 4.80. The lowest BCUT2D eigenvalue weighted by Gasteiger charge is -2.39. The highest BCUT2D eigenvalue weighted by molar-refractivity contribution is 7.18. The van der Waals surface area contributed by atoms with Gasteiger partial charge in [-0.2, -0.15) is 0 Å². The lowest BCUT2D eigenvalue weighted by Crippen LogP contribution is -2.44. The van der Waals surface area contributed by atoms with Gasteiger partial charge in [-0.05, 0) is 90.2 Å². The van der Waals surface area contributed by atoms with Crippen LogP contribution in [0.3, 0.4) is 0 Å². The highest BCUT2D eigenvalue weighted by Crippen LogP contribution is 2.38. The maximum atomic E-state index is 12.9. The van der Waals surface area contributed by atoms with Crippen LogP contribution in [0.4, 0.5) is 4.79 Å². The summed E-state index contributed by atoms with van der Waals surface area (Å²) in [4.78, 5) is 22.3. The molecule has 4 rings (SSSR count). The van der Waals surface area contributed by atoms with Gasteiger partial charge in [0.15, 0.2) is 0 Å². The number of carbonyl (C=O) groups is 1. The van der Waals surface area contributed by atoms with Gasteiger partial charge in [-0.25, -0.2) is 9.78 Å². The first-order chi connectivity index (χ1) is 14.2. The largest absolute Gasteiger partial charge is 0.444 e. The normalized spacial score (nSPS) is 24.4. The molecule has 2 saturated heterocycles. The molecule has 2 aromatic rings. The predicted molar refractivity (Wildman–Crippen MR) is 123 cm³/mol. The molecule has 2 atom stereocenters. The van der Waals surface area contributed by atoms with E-state index in [0.29, 0.717) is 11.8 Å². The fourth-order valence-corrected chi connectivity index (χ4v) is 5.74. The molecule has 5 nitrogen and oxygen atoms in total. The molecule has 0 bridgehead atoms. The molecule has 0 saturated carbocycles. The Kier molecular flexibility index (Phi) is 6.08. The van der Waals surface area contributed by atoms with Gasteiger partial charge in [-0.3, -0.25) is 0 Å². The van der Waals surface area contributed by atoms with Crippen LogP contribution in [0.25, 0.3) is 10.2 Å². The highest BCUT2D eigenvalue weighted by atomic mass is 32.1. The van der Waals surface area contributed by atoms with Crippen LogP contribution in [0.2, 0.25) is 0 Å². The molecule has 164 valence electrons. The average Bonchev–Trinajstić information content (AvgIpc) is 3.10. The molecule has 0 spiro atoms. The minimum atomic E-state index is -0.482. The number of nitrogens with zero attached hydrogens (tertiary/aromatic N) is 3. The summed E-state index contributed by atoms with van der Waals surface area (Å²) in [6, 6.07) is 6.67. The number of piperidine rings is 2. The number of amides is 1. The number of carbonyl (C=O) groups excluding carboxylic acids is 1. The van der Waals surface area contributed by atoms with E-state index in [1.54, 1.807) is 0 Å². The van der Waals surface area contributed by atoms with E-state index in [-0.39, 0.29) is 12.1 Å². The molecule has 2 aliphatic heterocycles. The minimum Gasteiger partial charge on any atom is -0.444 e. The zero-order valence-electron chi connectivity index (χ0n) is 19.0. The number of benzene rings is 1. The summed E-state index contributed by atoms with van der Waals surface area (Å²) in [6.45, 7) is 11.0. The summed E-state index contributed by atoms with van der Waals surface area (Å²) in [5, 5.41) is 1.27. The lowest BCUT2D eigenvalue weighted by molar-refractivity contribution is 0.00365. The number of hydrogen-bond donors (Lipinski definition) is 0. The molecular formula is C24H35N3O2S. The van der Waals surface area contributed by atoms with Crippen molar-refractivity contribution < 1.29 is 9.53 Å². The Labute approximate surface area is 184 Å². The molecule has 0 N–H and O–H groups in total. The van der Waals surface area contributed by atoms with Gasteiger partial charge in [0.2, 0.25) is 0 Å². The smallest absolute Gasteiger partial charge is 0.410 e. The van der Waals surface area contributed by atoms with E-state index in [2.05, 4.69) is 37.1 Å². The van der Waals surface area contributed by atoms with Gasteiger partial charge in [0.05, 0.1) is 21.3 Å². The van der Waals surface area contributed by atoms with Crippen molar-refractivity contribution in [1.29, 1.82) is 0 Å². The molecule has 1 aromatic heterocycles.